The van der Waals surface area contributed by atoms with Gasteiger partial charge in [0, 0.05) is 23.1 Å². The van der Waals surface area contributed by atoms with Gasteiger partial charge in [-0.1, -0.05) is 44.2 Å². The number of amides is 1. The molecule has 25 heavy (non-hydrogen) atoms. The van der Waals surface area contributed by atoms with Gasteiger partial charge in [0.05, 0.1) is 5.56 Å². The number of likely N-dealkylation sites (N-methyl/N-ethyl adjacent to an activating group) is 1. The number of benzene rings is 2. The van der Waals surface area contributed by atoms with Crippen LogP contribution >= 0.6 is 15.9 Å². The summed E-state index contributed by atoms with van der Waals surface area (Å²) in [5.41, 5.74) is 1.60. The van der Waals surface area contributed by atoms with Crippen molar-refractivity contribution < 1.29 is 9.53 Å². The van der Waals surface area contributed by atoms with E-state index in [0.717, 1.165) is 35.4 Å². The maximum atomic E-state index is 12.3. The monoisotopic (exact) mass is 404 g/mol. The van der Waals surface area contributed by atoms with Gasteiger partial charge >= 0.3 is 0 Å². The van der Waals surface area contributed by atoms with E-state index in [1.807, 2.05) is 42.5 Å². The van der Waals surface area contributed by atoms with Crippen molar-refractivity contribution in [2.45, 2.75) is 20.4 Å². The number of hydrogen-bond donors (Lipinski definition) is 1. The molecule has 0 fully saturated rings. The first-order valence-electron chi connectivity index (χ1n) is 8.61. The first-order chi connectivity index (χ1) is 12.2. The minimum Gasteiger partial charge on any atom is -0.492 e. The Morgan fingerprint density at radius 1 is 1.08 bits per heavy atom. The second-order valence-electron chi connectivity index (χ2n) is 5.65. The molecule has 1 N–H and O–H groups in total. The summed E-state index contributed by atoms with van der Waals surface area (Å²) < 4.78 is 6.72. The highest BCUT2D eigenvalue weighted by Gasteiger charge is 2.10. The van der Waals surface area contributed by atoms with Gasteiger partial charge in [0.2, 0.25) is 0 Å². The van der Waals surface area contributed by atoms with Crippen LogP contribution in [0.25, 0.3) is 0 Å². The summed E-state index contributed by atoms with van der Waals surface area (Å²) in [6.45, 7) is 8.29. The Balaban J connectivity index is 1.94. The maximum absolute atomic E-state index is 12.3. The van der Waals surface area contributed by atoms with Crippen LogP contribution in [0.15, 0.2) is 53.0 Å². The predicted molar refractivity (Wildman–Crippen MR) is 105 cm³/mol. The third-order valence-corrected chi connectivity index (χ3v) is 4.78. The zero-order valence-electron chi connectivity index (χ0n) is 14.8. The third kappa shape index (κ3) is 5.87. The van der Waals surface area contributed by atoms with Crippen LogP contribution in [0.4, 0.5) is 0 Å². The molecule has 0 unspecified atom stereocenters. The molecular formula is C20H25BrN2O2. The molecule has 0 saturated heterocycles. The second kappa shape index (κ2) is 10.2. The molecule has 0 radical (unpaired) electrons. The highest BCUT2D eigenvalue weighted by molar-refractivity contribution is 9.10. The summed E-state index contributed by atoms with van der Waals surface area (Å²) in [5, 5.41) is 2.96. The minimum atomic E-state index is -0.106. The third-order valence-electron chi connectivity index (χ3n) is 4.09. The summed E-state index contributed by atoms with van der Waals surface area (Å²) >= 11 is 3.41. The van der Waals surface area contributed by atoms with Gasteiger partial charge in [-0.15, -0.1) is 0 Å². The van der Waals surface area contributed by atoms with Crippen molar-refractivity contribution in [2.24, 2.45) is 0 Å². The lowest BCUT2D eigenvalue weighted by molar-refractivity contribution is 0.0950. The summed E-state index contributed by atoms with van der Waals surface area (Å²) in [5.74, 6) is 0.715. The van der Waals surface area contributed by atoms with E-state index in [-0.39, 0.29) is 5.91 Å². The van der Waals surface area contributed by atoms with Crippen LogP contribution in [0.5, 0.6) is 5.75 Å². The quantitative estimate of drug-likeness (QED) is 0.683. The van der Waals surface area contributed by atoms with E-state index in [2.05, 4.69) is 40.0 Å². The van der Waals surface area contributed by atoms with Crippen molar-refractivity contribution in [2.75, 3.05) is 26.2 Å². The number of nitrogens with zero attached hydrogens (tertiary/aromatic N) is 1. The average molecular weight is 405 g/mol. The number of para-hydroxylation sites is 1. The Kier molecular flexibility index (Phi) is 7.95. The van der Waals surface area contributed by atoms with Gasteiger partial charge in [-0.2, -0.15) is 0 Å². The number of halogens is 1. The molecule has 0 bridgehead atoms. The zero-order valence-corrected chi connectivity index (χ0v) is 16.4. The summed E-state index contributed by atoms with van der Waals surface area (Å²) in [4.78, 5) is 14.7. The number of carbonyl (C=O) groups excluding carboxylic acids is 1. The maximum Gasteiger partial charge on any atom is 0.252 e. The van der Waals surface area contributed by atoms with Crippen LogP contribution in [-0.4, -0.2) is 37.0 Å². The molecule has 2 rings (SSSR count). The van der Waals surface area contributed by atoms with Gasteiger partial charge in [-0.3, -0.25) is 4.79 Å². The fraction of sp³-hybridized carbons (Fsp3) is 0.350. The number of hydrogen-bond acceptors (Lipinski definition) is 3. The van der Waals surface area contributed by atoms with Crippen molar-refractivity contribution in [1.82, 2.24) is 10.2 Å². The SMILES string of the molecule is CCN(CC)CCOc1ccccc1CNC(=O)c1ccccc1Br. The minimum absolute atomic E-state index is 0.106. The van der Waals surface area contributed by atoms with Crippen LogP contribution in [0.1, 0.15) is 29.8 Å². The molecule has 0 heterocycles. The molecule has 0 aliphatic heterocycles. The van der Waals surface area contributed by atoms with Crippen molar-refractivity contribution in [3.63, 3.8) is 0 Å². The fourth-order valence-electron chi connectivity index (χ4n) is 2.53. The molecule has 134 valence electrons. The van der Waals surface area contributed by atoms with Gasteiger partial charge in [0.25, 0.3) is 5.91 Å². The number of ether oxygens (including phenoxy) is 1. The standard InChI is InChI=1S/C20H25BrN2O2/c1-3-23(4-2)13-14-25-19-12-8-5-9-16(19)15-22-20(24)17-10-6-7-11-18(17)21/h5-12H,3-4,13-15H2,1-2H3,(H,22,24). The van der Waals surface area contributed by atoms with Crippen LogP contribution in [0.3, 0.4) is 0 Å². The molecule has 0 spiro atoms. The molecule has 2 aromatic rings. The van der Waals surface area contributed by atoms with Crippen LogP contribution in [0, 0.1) is 0 Å². The molecule has 0 aliphatic rings. The van der Waals surface area contributed by atoms with Crippen molar-refractivity contribution in [3.05, 3.63) is 64.1 Å². The molecule has 4 nitrogen and oxygen atoms in total. The van der Waals surface area contributed by atoms with E-state index in [1.165, 1.54) is 0 Å². The van der Waals surface area contributed by atoms with E-state index in [9.17, 15) is 4.79 Å². The zero-order chi connectivity index (χ0) is 18.1. The first-order valence-corrected chi connectivity index (χ1v) is 9.40. The Hall–Kier alpha value is -1.85. The second-order valence-corrected chi connectivity index (χ2v) is 6.50. The topological polar surface area (TPSA) is 41.6 Å². The molecule has 0 aromatic heterocycles. The lowest BCUT2D eigenvalue weighted by atomic mass is 10.1. The number of nitrogens with one attached hydrogen (secondary N) is 1. The predicted octanol–water partition coefficient (Wildman–Crippen LogP) is 4.10. The van der Waals surface area contributed by atoms with Gasteiger partial charge in [0.1, 0.15) is 12.4 Å². The Bertz CT molecular complexity index is 687. The normalized spacial score (nSPS) is 10.7. The molecule has 1 amide bonds. The highest BCUT2D eigenvalue weighted by Crippen LogP contribution is 2.19. The largest absolute Gasteiger partial charge is 0.492 e. The van der Waals surface area contributed by atoms with Crippen LogP contribution < -0.4 is 10.1 Å². The number of carbonyl (C=O) groups is 1. The van der Waals surface area contributed by atoms with Crippen molar-refractivity contribution in [3.8, 4) is 5.75 Å². The van der Waals surface area contributed by atoms with E-state index in [0.29, 0.717) is 18.7 Å². The lowest BCUT2D eigenvalue weighted by Crippen LogP contribution is -2.28. The van der Waals surface area contributed by atoms with E-state index >= 15 is 0 Å². The van der Waals surface area contributed by atoms with Gasteiger partial charge in [0.15, 0.2) is 0 Å². The summed E-state index contributed by atoms with van der Waals surface area (Å²) in [6.07, 6.45) is 0. The molecule has 0 saturated carbocycles. The van der Waals surface area contributed by atoms with E-state index in [1.54, 1.807) is 6.07 Å². The fourth-order valence-corrected chi connectivity index (χ4v) is 3.00. The van der Waals surface area contributed by atoms with E-state index in [4.69, 9.17) is 4.74 Å². The van der Waals surface area contributed by atoms with Crippen molar-refractivity contribution in [1.29, 1.82) is 0 Å². The lowest BCUT2D eigenvalue weighted by Gasteiger charge is -2.19. The van der Waals surface area contributed by atoms with Crippen LogP contribution in [-0.2, 0) is 6.54 Å². The highest BCUT2D eigenvalue weighted by atomic mass is 79.9. The molecule has 5 heteroatoms. The summed E-state index contributed by atoms with van der Waals surface area (Å²) in [6, 6.07) is 15.2. The number of rotatable bonds is 9. The Morgan fingerprint density at radius 3 is 2.48 bits per heavy atom. The van der Waals surface area contributed by atoms with E-state index < -0.39 is 0 Å². The molecular weight excluding hydrogens is 380 g/mol. The van der Waals surface area contributed by atoms with Crippen LogP contribution in [0.2, 0.25) is 0 Å². The van der Waals surface area contributed by atoms with Crippen molar-refractivity contribution >= 4 is 21.8 Å². The van der Waals surface area contributed by atoms with Gasteiger partial charge in [-0.05, 0) is 47.2 Å². The van der Waals surface area contributed by atoms with Gasteiger partial charge in [-0.25, -0.2) is 0 Å². The van der Waals surface area contributed by atoms with Gasteiger partial charge < -0.3 is 15.0 Å². The summed E-state index contributed by atoms with van der Waals surface area (Å²) in [7, 11) is 0. The Morgan fingerprint density at radius 2 is 1.76 bits per heavy atom. The first kappa shape index (κ1) is 19.5. The molecule has 2 aromatic carbocycles. The smallest absolute Gasteiger partial charge is 0.252 e. The molecule has 0 atom stereocenters. The molecule has 0 aliphatic carbocycles. The average Bonchev–Trinajstić information content (AvgIpc) is 2.64. The Labute approximate surface area is 158 Å².